The molecule has 0 spiro atoms. The van der Waals surface area contributed by atoms with Crippen molar-refractivity contribution in [3.05, 3.63) is 63.1 Å². The first kappa shape index (κ1) is 18.7. The maximum atomic E-state index is 6.02. The zero-order valence-electron chi connectivity index (χ0n) is 14.0. The lowest BCUT2D eigenvalue weighted by Gasteiger charge is -2.13. The highest BCUT2D eigenvalue weighted by Crippen LogP contribution is 2.34. The number of aryl methyl sites for hydroxylation is 2. The highest BCUT2D eigenvalue weighted by atomic mass is 79.9. The van der Waals surface area contributed by atoms with Crippen LogP contribution in [0, 0.1) is 13.8 Å². The van der Waals surface area contributed by atoms with Gasteiger partial charge in [-0.3, -0.25) is 0 Å². The summed E-state index contributed by atoms with van der Waals surface area (Å²) in [6.07, 6.45) is 3.66. The largest absolute Gasteiger partial charge is 0.457 e. The summed E-state index contributed by atoms with van der Waals surface area (Å²) < 4.78 is 7.97. The van der Waals surface area contributed by atoms with Crippen LogP contribution in [0.5, 0.6) is 11.5 Å². The Morgan fingerprint density at radius 1 is 1.12 bits per heavy atom. The third-order valence-corrected chi connectivity index (χ3v) is 5.30. The van der Waals surface area contributed by atoms with Crippen molar-refractivity contribution in [2.45, 2.75) is 13.8 Å². The Kier molecular flexibility index (Phi) is 6.63. The van der Waals surface area contributed by atoms with Gasteiger partial charge in [0, 0.05) is 22.5 Å². The van der Waals surface area contributed by atoms with Gasteiger partial charge in [0.1, 0.15) is 11.5 Å². The third kappa shape index (κ3) is 4.95. The second-order valence-electron chi connectivity index (χ2n) is 5.55. The van der Waals surface area contributed by atoms with Crippen LogP contribution in [-0.4, -0.2) is 24.8 Å². The van der Waals surface area contributed by atoms with Gasteiger partial charge in [0.15, 0.2) is 0 Å². The summed E-state index contributed by atoms with van der Waals surface area (Å²) in [5, 5.41) is 0. The van der Waals surface area contributed by atoms with Gasteiger partial charge in [0.2, 0.25) is 0 Å². The van der Waals surface area contributed by atoms with E-state index in [0.29, 0.717) is 0 Å². The van der Waals surface area contributed by atoms with E-state index < -0.39 is 0 Å². The van der Waals surface area contributed by atoms with Crippen LogP contribution in [0.1, 0.15) is 11.1 Å². The molecule has 24 heavy (non-hydrogen) atoms. The SMILES string of the molecule is C=CCN(C)C=Nc1cc(C)c(Oc2ccc(Br)c(Br)c2)cc1C. The van der Waals surface area contributed by atoms with Crippen molar-refractivity contribution in [2.75, 3.05) is 13.6 Å². The summed E-state index contributed by atoms with van der Waals surface area (Å²) in [5.41, 5.74) is 3.04. The van der Waals surface area contributed by atoms with Crippen molar-refractivity contribution in [2.24, 2.45) is 4.99 Å². The molecule has 2 aromatic carbocycles. The highest BCUT2D eigenvalue weighted by molar-refractivity contribution is 9.13. The smallest absolute Gasteiger partial charge is 0.130 e. The van der Waals surface area contributed by atoms with Crippen LogP contribution in [0.4, 0.5) is 5.69 Å². The standard InChI is InChI=1S/C19H20Br2N2O/c1-5-8-23(4)12-22-18-9-14(3)19(10-13(18)2)24-15-6-7-16(20)17(21)11-15/h5-7,9-12H,1,8H2,2-4H3. The lowest BCUT2D eigenvalue weighted by molar-refractivity contribution is 0.478. The average molecular weight is 452 g/mol. The van der Waals surface area contributed by atoms with Crippen molar-refractivity contribution in [3.8, 4) is 11.5 Å². The number of benzene rings is 2. The predicted molar refractivity (Wildman–Crippen MR) is 109 cm³/mol. The minimum atomic E-state index is 0.765. The summed E-state index contributed by atoms with van der Waals surface area (Å²) in [6.45, 7) is 8.54. The van der Waals surface area contributed by atoms with Gasteiger partial charge in [-0.15, -0.1) is 6.58 Å². The maximum Gasteiger partial charge on any atom is 0.130 e. The van der Waals surface area contributed by atoms with Crippen molar-refractivity contribution in [3.63, 3.8) is 0 Å². The van der Waals surface area contributed by atoms with E-state index in [1.54, 1.807) is 0 Å². The number of halogens is 2. The molecular weight excluding hydrogens is 432 g/mol. The topological polar surface area (TPSA) is 24.8 Å². The average Bonchev–Trinajstić information content (AvgIpc) is 2.53. The molecule has 3 nitrogen and oxygen atoms in total. The molecule has 0 atom stereocenters. The molecule has 0 aliphatic heterocycles. The van der Waals surface area contributed by atoms with E-state index in [-0.39, 0.29) is 0 Å². The number of rotatable bonds is 6. The van der Waals surface area contributed by atoms with Gasteiger partial charge in [0.25, 0.3) is 0 Å². The van der Waals surface area contributed by atoms with E-state index in [1.807, 2.05) is 68.5 Å². The van der Waals surface area contributed by atoms with E-state index in [2.05, 4.69) is 43.4 Å². The summed E-state index contributed by atoms with van der Waals surface area (Å²) >= 11 is 6.95. The number of hydrogen-bond donors (Lipinski definition) is 0. The molecule has 0 saturated carbocycles. The Hall–Kier alpha value is -1.59. The van der Waals surface area contributed by atoms with Crippen molar-refractivity contribution < 1.29 is 4.74 Å². The fraction of sp³-hybridized carbons (Fsp3) is 0.211. The van der Waals surface area contributed by atoms with Crippen LogP contribution in [0.25, 0.3) is 0 Å². The van der Waals surface area contributed by atoms with Gasteiger partial charge in [-0.1, -0.05) is 6.08 Å². The van der Waals surface area contributed by atoms with Gasteiger partial charge < -0.3 is 9.64 Å². The predicted octanol–water partition coefficient (Wildman–Crippen LogP) is 6.40. The van der Waals surface area contributed by atoms with E-state index in [0.717, 1.165) is 43.8 Å². The molecule has 126 valence electrons. The number of nitrogens with zero attached hydrogens (tertiary/aromatic N) is 2. The minimum absolute atomic E-state index is 0.765. The number of hydrogen-bond acceptors (Lipinski definition) is 2. The molecule has 0 heterocycles. The fourth-order valence-corrected chi connectivity index (χ4v) is 2.71. The van der Waals surface area contributed by atoms with Crippen LogP contribution in [-0.2, 0) is 0 Å². The lowest BCUT2D eigenvalue weighted by Crippen LogP contribution is -2.15. The van der Waals surface area contributed by atoms with Crippen LogP contribution < -0.4 is 4.74 Å². The van der Waals surface area contributed by atoms with E-state index in [4.69, 9.17) is 4.74 Å². The molecule has 5 heteroatoms. The van der Waals surface area contributed by atoms with Crippen molar-refractivity contribution >= 4 is 43.9 Å². The van der Waals surface area contributed by atoms with Crippen LogP contribution in [0.3, 0.4) is 0 Å². The van der Waals surface area contributed by atoms with E-state index in [1.165, 1.54) is 0 Å². The number of likely N-dealkylation sites (N-methyl/N-ethyl adjacent to an activating group) is 1. The molecule has 0 fully saturated rings. The molecule has 0 saturated heterocycles. The summed E-state index contributed by atoms with van der Waals surface area (Å²) in [6, 6.07) is 9.88. The quantitative estimate of drug-likeness (QED) is 0.288. The fourth-order valence-electron chi connectivity index (χ4n) is 2.10. The minimum Gasteiger partial charge on any atom is -0.457 e. The second kappa shape index (κ2) is 8.49. The Bertz CT molecular complexity index is 772. The maximum absolute atomic E-state index is 6.02. The summed E-state index contributed by atoms with van der Waals surface area (Å²) in [4.78, 5) is 6.52. The first-order valence-electron chi connectivity index (χ1n) is 7.50. The first-order chi connectivity index (χ1) is 11.4. The Morgan fingerprint density at radius 3 is 2.54 bits per heavy atom. The molecule has 0 radical (unpaired) electrons. The second-order valence-corrected chi connectivity index (χ2v) is 7.26. The zero-order valence-corrected chi connectivity index (χ0v) is 17.2. The zero-order chi connectivity index (χ0) is 17.7. The van der Waals surface area contributed by atoms with Gasteiger partial charge in [-0.2, -0.15) is 0 Å². The third-order valence-electron chi connectivity index (χ3n) is 3.42. The van der Waals surface area contributed by atoms with E-state index >= 15 is 0 Å². The Labute approximate surface area is 160 Å². The molecule has 0 N–H and O–H groups in total. The molecule has 0 amide bonds. The molecule has 0 unspecified atom stereocenters. The van der Waals surface area contributed by atoms with Crippen LogP contribution in [0.15, 0.2) is 56.9 Å². The van der Waals surface area contributed by atoms with E-state index in [9.17, 15) is 0 Å². The monoisotopic (exact) mass is 450 g/mol. The molecule has 2 rings (SSSR count). The number of aliphatic imine (C=N–C) groups is 1. The first-order valence-corrected chi connectivity index (χ1v) is 9.08. The van der Waals surface area contributed by atoms with Crippen molar-refractivity contribution in [1.29, 1.82) is 0 Å². The van der Waals surface area contributed by atoms with Crippen molar-refractivity contribution in [1.82, 2.24) is 4.90 Å². The molecule has 0 aliphatic rings. The van der Waals surface area contributed by atoms with Gasteiger partial charge >= 0.3 is 0 Å². The number of ether oxygens (including phenoxy) is 1. The normalized spacial score (nSPS) is 10.9. The Morgan fingerprint density at radius 2 is 1.88 bits per heavy atom. The molecule has 0 aliphatic carbocycles. The van der Waals surface area contributed by atoms with Gasteiger partial charge in [0.05, 0.1) is 12.0 Å². The Balaban J connectivity index is 2.22. The van der Waals surface area contributed by atoms with Gasteiger partial charge in [-0.05, 0) is 87.2 Å². The molecule has 0 aromatic heterocycles. The molecule has 2 aromatic rings. The molecular formula is C19H20Br2N2O. The van der Waals surface area contributed by atoms with Crippen LogP contribution in [0.2, 0.25) is 0 Å². The summed E-state index contributed by atoms with van der Waals surface area (Å²) in [5.74, 6) is 1.62. The highest BCUT2D eigenvalue weighted by Gasteiger charge is 2.07. The van der Waals surface area contributed by atoms with Gasteiger partial charge in [-0.25, -0.2) is 4.99 Å². The molecule has 0 bridgehead atoms. The lowest BCUT2D eigenvalue weighted by atomic mass is 10.1. The summed E-state index contributed by atoms with van der Waals surface area (Å²) in [7, 11) is 1.97. The van der Waals surface area contributed by atoms with Crippen LogP contribution >= 0.6 is 31.9 Å².